The molecule has 6 rings (SSSR count). The summed E-state index contributed by atoms with van der Waals surface area (Å²) in [7, 11) is 0. The number of carbonyl (C=O) groups is 1. The number of nitrogens with zero attached hydrogens (tertiary/aromatic N) is 5. The van der Waals surface area contributed by atoms with Gasteiger partial charge in [-0.15, -0.1) is 23.1 Å². The number of piperazine rings is 1. The lowest BCUT2D eigenvalue weighted by molar-refractivity contribution is -0.137. The van der Waals surface area contributed by atoms with E-state index in [0.717, 1.165) is 10.1 Å². The van der Waals surface area contributed by atoms with Crippen LogP contribution >= 0.6 is 34.4 Å². The number of fused-ring (bicyclic) bond motifs is 1. The van der Waals surface area contributed by atoms with Crippen LogP contribution in [0.15, 0.2) is 33.8 Å². The normalized spacial score (nSPS) is 17.9. The smallest absolute Gasteiger partial charge is 0.375 e. The highest BCUT2D eigenvalue weighted by Gasteiger charge is 2.40. The molecule has 198 valence electrons. The number of thiazole rings is 1. The molecule has 1 amide bonds. The number of halogens is 3. The Morgan fingerprint density at radius 3 is 2.66 bits per heavy atom. The molecule has 14 heteroatoms. The van der Waals surface area contributed by atoms with Crippen molar-refractivity contribution in [3.05, 3.63) is 40.1 Å². The van der Waals surface area contributed by atoms with Crippen molar-refractivity contribution in [2.24, 2.45) is 0 Å². The molecule has 1 aromatic carbocycles. The molecule has 1 saturated heterocycles. The minimum atomic E-state index is -4.67. The minimum absolute atomic E-state index is 0.0187. The standard InChI is InChI=1S/C24H21F3N6O2S3/c1-3-15(34)31-4-6-32(7-5-31)20-12-8-14(24(25,26)27)16(13-10-37-21-17(13)29-22(28)38-21)19-18(12)33(23(35)30-20)11(2)9-36-19/h3,8,10-11H,1,4-7,9H2,2H3,(H2,28,29). The number of nitrogen functional groups attached to an aromatic ring is 1. The highest BCUT2D eigenvalue weighted by Crippen LogP contribution is 2.52. The largest absolute Gasteiger partial charge is 0.417 e. The molecule has 2 aliphatic rings. The number of aromatic nitrogens is 3. The number of thiophene rings is 1. The molecule has 5 heterocycles. The summed E-state index contributed by atoms with van der Waals surface area (Å²) in [5.41, 5.74) is 5.82. The maximum absolute atomic E-state index is 14.7. The first-order valence-electron chi connectivity index (χ1n) is 11.7. The summed E-state index contributed by atoms with van der Waals surface area (Å²) in [5, 5.41) is 2.23. The van der Waals surface area contributed by atoms with Gasteiger partial charge in [-0.1, -0.05) is 17.9 Å². The maximum Gasteiger partial charge on any atom is 0.417 e. The Labute approximate surface area is 226 Å². The van der Waals surface area contributed by atoms with E-state index in [1.807, 2.05) is 6.92 Å². The molecule has 0 bridgehead atoms. The molecule has 3 aromatic heterocycles. The lowest BCUT2D eigenvalue weighted by Gasteiger charge is -2.36. The Balaban J connectivity index is 1.63. The first kappa shape index (κ1) is 25.2. The number of thioether (sulfide) groups is 1. The fraction of sp³-hybridized carbons (Fsp3) is 0.333. The summed E-state index contributed by atoms with van der Waals surface area (Å²) < 4.78 is 46.4. The Morgan fingerprint density at radius 1 is 1.24 bits per heavy atom. The van der Waals surface area contributed by atoms with Gasteiger partial charge in [0.1, 0.15) is 15.3 Å². The van der Waals surface area contributed by atoms with E-state index in [4.69, 9.17) is 5.73 Å². The number of rotatable bonds is 3. The molecule has 0 saturated carbocycles. The maximum atomic E-state index is 14.7. The first-order chi connectivity index (χ1) is 18.1. The van der Waals surface area contributed by atoms with Gasteiger partial charge in [0, 0.05) is 64.8 Å². The molecule has 1 fully saturated rings. The first-order valence-corrected chi connectivity index (χ1v) is 14.4. The number of carbonyl (C=O) groups excluding carboxylic acids is 1. The van der Waals surface area contributed by atoms with E-state index >= 15 is 0 Å². The van der Waals surface area contributed by atoms with E-state index in [2.05, 4.69) is 16.5 Å². The fourth-order valence-electron chi connectivity index (χ4n) is 5.10. The summed E-state index contributed by atoms with van der Waals surface area (Å²) >= 11 is 3.85. The third-order valence-corrected chi connectivity index (χ3v) is 10.2. The molecule has 0 radical (unpaired) electrons. The Morgan fingerprint density at radius 2 is 1.97 bits per heavy atom. The summed E-state index contributed by atoms with van der Waals surface area (Å²) in [5.74, 6) is 0.411. The van der Waals surface area contributed by atoms with Gasteiger partial charge < -0.3 is 15.5 Å². The van der Waals surface area contributed by atoms with Crippen LogP contribution in [0.4, 0.5) is 24.1 Å². The van der Waals surface area contributed by atoms with Crippen molar-refractivity contribution in [1.29, 1.82) is 0 Å². The van der Waals surface area contributed by atoms with Crippen molar-refractivity contribution in [2.75, 3.05) is 42.6 Å². The second kappa shape index (κ2) is 8.99. The summed E-state index contributed by atoms with van der Waals surface area (Å²) in [4.78, 5) is 37.8. The van der Waals surface area contributed by atoms with E-state index in [0.29, 0.717) is 53.4 Å². The van der Waals surface area contributed by atoms with Crippen LogP contribution in [0.3, 0.4) is 0 Å². The van der Waals surface area contributed by atoms with E-state index in [1.165, 1.54) is 45.1 Å². The number of anilines is 2. The quantitative estimate of drug-likeness (QED) is 0.348. The third kappa shape index (κ3) is 3.88. The van der Waals surface area contributed by atoms with Gasteiger partial charge in [0.25, 0.3) is 0 Å². The van der Waals surface area contributed by atoms with Crippen LogP contribution in [-0.4, -0.2) is 57.3 Å². The van der Waals surface area contributed by atoms with Crippen LogP contribution < -0.4 is 16.3 Å². The summed E-state index contributed by atoms with van der Waals surface area (Å²) in [6.45, 7) is 6.72. The fourth-order valence-corrected chi connectivity index (χ4v) is 8.26. The molecule has 4 aromatic rings. The van der Waals surface area contributed by atoms with E-state index in [1.54, 1.807) is 15.2 Å². The lowest BCUT2D eigenvalue weighted by Crippen LogP contribution is -2.49. The van der Waals surface area contributed by atoms with Crippen LogP contribution in [-0.2, 0) is 11.0 Å². The number of benzene rings is 1. The SMILES string of the molecule is C=CC(=O)N1CCN(c2nc(=O)n3c4c(c(-c5csc6sc(N)nc56)c(C(F)(F)F)cc24)SCC3C)CC1. The number of hydrogen-bond acceptors (Lipinski definition) is 9. The molecule has 8 nitrogen and oxygen atoms in total. The third-order valence-electron chi connectivity index (χ3n) is 6.85. The topological polar surface area (TPSA) is 97.4 Å². The monoisotopic (exact) mass is 578 g/mol. The zero-order valence-corrected chi connectivity index (χ0v) is 22.5. The van der Waals surface area contributed by atoms with Crippen LogP contribution in [0.2, 0.25) is 0 Å². The second-order valence-corrected chi connectivity index (χ2v) is 12.3. The van der Waals surface area contributed by atoms with Crippen molar-refractivity contribution >= 4 is 71.7 Å². The predicted octanol–water partition coefficient (Wildman–Crippen LogP) is 4.84. The van der Waals surface area contributed by atoms with Crippen molar-refractivity contribution in [3.63, 3.8) is 0 Å². The van der Waals surface area contributed by atoms with Gasteiger partial charge in [0.05, 0.1) is 11.1 Å². The van der Waals surface area contributed by atoms with Crippen LogP contribution in [0.1, 0.15) is 18.5 Å². The molecule has 0 aliphatic carbocycles. The zero-order chi connectivity index (χ0) is 26.9. The molecule has 2 aliphatic heterocycles. The predicted molar refractivity (Wildman–Crippen MR) is 146 cm³/mol. The van der Waals surface area contributed by atoms with Crippen molar-refractivity contribution in [2.45, 2.75) is 24.0 Å². The second-order valence-electron chi connectivity index (χ2n) is 9.12. The van der Waals surface area contributed by atoms with Gasteiger partial charge in [-0.2, -0.15) is 18.2 Å². The van der Waals surface area contributed by atoms with Gasteiger partial charge in [-0.3, -0.25) is 9.36 Å². The Hall–Kier alpha value is -3.10. The van der Waals surface area contributed by atoms with Gasteiger partial charge >= 0.3 is 11.9 Å². The molecular weight excluding hydrogens is 557 g/mol. The lowest BCUT2D eigenvalue weighted by atomic mass is 9.97. The molecule has 2 N–H and O–H groups in total. The number of hydrogen-bond donors (Lipinski definition) is 1. The Kier molecular flexibility index (Phi) is 5.96. The average Bonchev–Trinajstić information content (AvgIpc) is 3.44. The molecular formula is C24H21F3N6O2S3. The average molecular weight is 579 g/mol. The van der Waals surface area contributed by atoms with Crippen LogP contribution in [0, 0.1) is 0 Å². The summed E-state index contributed by atoms with van der Waals surface area (Å²) in [6.07, 6.45) is -3.44. The van der Waals surface area contributed by atoms with Crippen LogP contribution in [0.5, 0.6) is 0 Å². The Bertz CT molecular complexity index is 1680. The molecule has 0 spiro atoms. The number of alkyl halides is 3. The van der Waals surface area contributed by atoms with Crippen molar-refractivity contribution in [3.8, 4) is 11.1 Å². The highest BCUT2D eigenvalue weighted by molar-refractivity contribution is 7.99. The zero-order valence-electron chi connectivity index (χ0n) is 20.0. The number of nitrogens with two attached hydrogens (primary N) is 1. The van der Waals surface area contributed by atoms with E-state index < -0.39 is 17.4 Å². The summed E-state index contributed by atoms with van der Waals surface area (Å²) in [6, 6.07) is 0.860. The van der Waals surface area contributed by atoms with Crippen molar-refractivity contribution in [1.82, 2.24) is 19.4 Å². The van der Waals surface area contributed by atoms with Gasteiger partial charge in [0.15, 0.2) is 5.13 Å². The number of amides is 1. The van der Waals surface area contributed by atoms with Gasteiger partial charge in [-0.05, 0) is 19.1 Å². The van der Waals surface area contributed by atoms with Crippen LogP contribution in [0.25, 0.3) is 31.6 Å². The molecule has 1 atom stereocenters. The highest BCUT2D eigenvalue weighted by atomic mass is 32.2. The van der Waals surface area contributed by atoms with Crippen molar-refractivity contribution < 1.29 is 18.0 Å². The van der Waals surface area contributed by atoms with Gasteiger partial charge in [-0.25, -0.2) is 9.78 Å². The minimum Gasteiger partial charge on any atom is -0.375 e. The van der Waals surface area contributed by atoms with E-state index in [9.17, 15) is 22.8 Å². The van der Waals surface area contributed by atoms with Gasteiger partial charge in [0.2, 0.25) is 5.91 Å². The molecule has 1 unspecified atom stereocenters. The van der Waals surface area contributed by atoms with E-state index in [-0.39, 0.29) is 33.8 Å². The molecule has 38 heavy (non-hydrogen) atoms.